The van der Waals surface area contributed by atoms with Gasteiger partial charge in [0.15, 0.2) is 0 Å². The van der Waals surface area contributed by atoms with E-state index in [2.05, 4.69) is 48.1 Å². The second-order valence-corrected chi connectivity index (χ2v) is 13.3. The molecule has 2 aliphatic heterocycles. The van der Waals surface area contributed by atoms with Crippen LogP contribution in [0.15, 0.2) is 12.7 Å². The Balaban J connectivity index is 1.92. The van der Waals surface area contributed by atoms with Crippen molar-refractivity contribution in [2.75, 3.05) is 0 Å². The molecule has 0 aromatic carbocycles. The third kappa shape index (κ3) is 1.75. The molecule has 1 N–H and O–H groups in total. The van der Waals surface area contributed by atoms with Crippen molar-refractivity contribution in [3.8, 4) is 0 Å². The van der Waals surface area contributed by atoms with Gasteiger partial charge in [0, 0.05) is 10.1 Å². The fraction of sp³-hybridized carbons (Fsp3) is 0.875. The molecule has 1 spiro atoms. The highest BCUT2D eigenvalue weighted by atomic mass is 28.4. The van der Waals surface area contributed by atoms with Gasteiger partial charge in [-0.2, -0.15) is 0 Å². The first kappa shape index (κ1) is 15.7. The van der Waals surface area contributed by atoms with Gasteiger partial charge in [-0.25, -0.2) is 0 Å². The normalized spacial score (nSPS) is 44.3. The van der Waals surface area contributed by atoms with E-state index < -0.39 is 20.3 Å². The van der Waals surface area contributed by atoms with Crippen LogP contribution < -0.4 is 0 Å². The summed E-state index contributed by atoms with van der Waals surface area (Å²) in [6.07, 6.45) is 1.40. The fourth-order valence-electron chi connectivity index (χ4n) is 4.31. The molecule has 3 aliphatic rings. The van der Waals surface area contributed by atoms with E-state index in [9.17, 15) is 5.11 Å². The van der Waals surface area contributed by atoms with E-state index >= 15 is 0 Å². The molecule has 21 heavy (non-hydrogen) atoms. The topological polar surface area (TPSA) is 47.9 Å². The molecule has 4 nitrogen and oxygen atoms in total. The molecule has 0 radical (unpaired) electrons. The molecule has 120 valence electrons. The van der Waals surface area contributed by atoms with Crippen molar-refractivity contribution in [2.45, 2.75) is 88.1 Å². The van der Waals surface area contributed by atoms with E-state index in [0.717, 1.165) is 0 Å². The Bertz CT molecular complexity index is 450. The van der Waals surface area contributed by atoms with Crippen LogP contribution in [0, 0.1) is 0 Å². The average Bonchev–Trinajstić information content (AvgIpc) is 2.68. The lowest BCUT2D eigenvalue weighted by Gasteiger charge is -2.47. The van der Waals surface area contributed by atoms with Crippen molar-refractivity contribution >= 4 is 8.56 Å². The Morgan fingerprint density at radius 1 is 1.14 bits per heavy atom. The van der Waals surface area contributed by atoms with Crippen LogP contribution in [-0.2, 0) is 13.6 Å². The maximum atomic E-state index is 10.7. The number of rotatable bonds is 2. The summed E-state index contributed by atoms with van der Waals surface area (Å²) in [6, 6.07) is 0. The molecule has 0 amide bonds. The molecular formula is C16H28O4Si. The molecule has 5 heteroatoms. The first-order valence-electron chi connectivity index (χ1n) is 7.84. The zero-order valence-corrected chi connectivity index (χ0v) is 15.0. The number of hydrogen-bond acceptors (Lipinski definition) is 4. The minimum Gasteiger partial charge on any atom is -0.387 e. The monoisotopic (exact) mass is 312 g/mol. The summed E-state index contributed by atoms with van der Waals surface area (Å²) in [5, 5.41) is 10.6. The molecule has 3 rings (SSSR count). The molecule has 1 saturated carbocycles. The smallest absolute Gasteiger partial charge is 0.350 e. The lowest BCUT2D eigenvalue weighted by molar-refractivity contribution is -0.0297. The highest BCUT2D eigenvalue weighted by molar-refractivity contribution is 6.74. The Morgan fingerprint density at radius 2 is 1.71 bits per heavy atom. The minimum atomic E-state index is -2.50. The number of ether oxygens (including phenoxy) is 1. The zero-order valence-electron chi connectivity index (χ0n) is 14.0. The lowest BCUT2D eigenvalue weighted by Crippen LogP contribution is -2.57. The van der Waals surface area contributed by atoms with Gasteiger partial charge in [0.05, 0.1) is 6.10 Å². The van der Waals surface area contributed by atoms with Crippen LogP contribution in [0.25, 0.3) is 0 Å². The molecule has 3 fully saturated rings. The van der Waals surface area contributed by atoms with Gasteiger partial charge < -0.3 is 18.7 Å². The molecule has 1 aliphatic carbocycles. The summed E-state index contributed by atoms with van der Waals surface area (Å²) < 4.78 is 19.1. The Labute approximate surface area is 128 Å². The third-order valence-corrected chi connectivity index (χ3v) is 10.4. The van der Waals surface area contributed by atoms with Gasteiger partial charge in [-0.15, -0.1) is 6.58 Å². The van der Waals surface area contributed by atoms with Crippen molar-refractivity contribution < 1.29 is 18.7 Å². The van der Waals surface area contributed by atoms with Crippen LogP contribution >= 0.6 is 0 Å². The van der Waals surface area contributed by atoms with E-state index in [1.807, 2.05) is 0 Å². The van der Waals surface area contributed by atoms with Crippen LogP contribution in [0.1, 0.15) is 48.0 Å². The van der Waals surface area contributed by atoms with E-state index in [1.165, 1.54) is 0 Å². The van der Waals surface area contributed by atoms with Gasteiger partial charge in [0.2, 0.25) is 0 Å². The SMILES string of the molecule is C=CC[C@@H]1O[C@@H]2C3O[Si](C(C)(C)C)(C(C)(C)C)O[C@]32[C@H]1O. The number of hydrogen-bond donors (Lipinski definition) is 1. The second-order valence-electron chi connectivity index (χ2n) is 8.67. The zero-order chi connectivity index (χ0) is 15.8. The third-order valence-electron chi connectivity index (χ3n) is 5.18. The molecule has 1 unspecified atom stereocenters. The molecule has 2 heterocycles. The Hall–Kier alpha value is -0.203. The van der Waals surface area contributed by atoms with Gasteiger partial charge >= 0.3 is 8.56 Å². The molecule has 0 aromatic heterocycles. The van der Waals surface area contributed by atoms with Gasteiger partial charge in [-0.3, -0.25) is 0 Å². The summed E-state index contributed by atoms with van der Waals surface area (Å²) in [7, 11) is -2.50. The van der Waals surface area contributed by atoms with Gasteiger partial charge in [0.25, 0.3) is 0 Å². The highest BCUT2D eigenvalue weighted by Crippen LogP contribution is 2.69. The number of aliphatic hydroxyl groups is 1. The molecule has 0 aromatic rings. The molecule has 0 bridgehead atoms. The Kier molecular flexibility index (Phi) is 3.14. The van der Waals surface area contributed by atoms with Gasteiger partial charge in [-0.05, 0) is 6.42 Å². The molecular weight excluding hydrogens is 284 g/mol. The molecule has 5 atom stereocenters. The summed E-state index contributed by atoms with van der Waals surface area (Å²) in [6.45, 7) is 16.8. The van der Waals surface area contributed by atoms with E-state index in [-0.39, 0.29) is 28.4 Å². The van der Waals surface area contributed by atoms with Crippen molar-refractivity contribution in [2.24, 2.45) is 0 Å². The number of fused-ring (bicyclic) bond motifs is 1. The predicted molar refractivity (Wildman–Crippen MR) is 83.4 cm³/mol. The van der Waals surface area contributed by atoms with Crippen molar-refractivity contribution in [1.82, 2.24) is 0 Å². The van der Waals surface area contributed by atoms with Gasteiger partial charge in [0.1, 0.15) is 23.9 Å². The maximum absolute atomic E-state index is 10.7. The van der Waals surface area contributed by atoms with Crippen LogP contribution in [0.5, 0.6) is 0 Å². The van der Waals surface area contributed by atoms with Crippen molar-refractivity contribution in [3.63, 3.8) is 0 Å². The first-order chi connectivity index (χ1) is 9.51. The highest BCUT2D eigenvalue weighted by Gasteiger charge is 2.87. The van der Waals surface area contributed by atoms with Crippen LogP contribution in [0.3, 0.4) is 0 Å². The summed E-state index contributed by atoms with van der Waals surface area (Å²) in [5.74, 6) is 0. The lowest BCUT2D eigenvalue weighted by atomic mass is 10.1. The average molecular weight is 312 g/mol. The van der Waals surface area contributed by atoms with Crippen LogP contribution in [0.4, 0.5) is 0 Å². The Morgan fingerprint density at radius 3 is 2.19 bits per heavy atom. The largest absolute Gasteiger partial charge is 0.387 e. The predicted octanol–water partition coefficient (Wildman–Crippen LogP) is 2.90. The molecule has 2 saturated heterocycles. The fourth-order valence-corrected chi connectivity index (χ4v) is 9.44. The standard InChI is InChI=1S/C16H28O4Si/c1-8-9-10-11(17)16-12(18-10)13(16)19-21(20-16,14(2,3)4)15(5,6)7/h8,10-13,17H,1,9H2,2-7H3/t10-,11-,12+,13?,16-/m0/s1. The number of aliphatic hydroxyl groups excluding tert-OH is 1. The second kappa shape index (κ2) is 4.20. The first-order valence-corrected chi connectivity index (χ1v) is 9.65. The maximum Gasteiger partial charge on any atom is 0.350 e. The quantitative estimate of drug-likeness (QED) is 0.629. The van der Waals surface area contributed by atoms with Crippen molar-refractivity contribution in [1.29, 1.82) is 0 Å². The summed E-state index contributed by atoms with van der Waals surface area (Å²) in [5.41, 5.74) is -0.625. The van der Waals surface area contributed by atoms with E-state index in [1.54, 1.807) is 6.08 Å². The minimum absolute atomic E-state index is 0.0613. The van der Waals surface area contributed by atoms with Crippen molar-refractivity contribution in [3.05, 3.63) is 12.7 Å². The summed E-state index contributed by atoms with van der Waals surface area (Å²) in [4.78, 5) is 0. The van der Waals surface area contributed by atoms with Crippen LogP contribution in [0.2, 0.25) is 10.1 Å². The summed E-state index contributed by atoms with van der Waals surface area (Å²) >= 11 is 0. The van der Waals surface area contributed by atoms with Crippen LogP contribution in [-0.4, -0.2) is 43.7 Å². The van der Waals surface area contributed by atoms with Gasteiger partial charge in [-0.1, -0.05) is 47.6 Å². The van der Waals surface area contributed by atoms with E-state index in [4.69, 9.17) is 13.6 Å². The van der Waals surface area contributed by atoms with E-state index in [0.29, 0.717) is 6.42 Å².